The van der Waals surface area contributed by atoms with E-state index in [0.29, 0.717) is 11.6 Å². The highest BCUT2D eigenvalue weighted by atomic mass is 79.9. The number of hydrogen-bond donors (Lipinski definition) is 1. The maximum atomic E-state index is 11.6. The van der Waals surface area contributed by atoms with Crippen molar-refractivity contribution in [3.63, 3.8) is 0 Å². The molecule has 0 radical (unpaired) electrons. The van der Waals surface area contributed by atoms with Crippen molar-refractivity contribution in [3.05, 3.63) is 34.4 Å². The number of nitrogens with one attached hydrogen (secondary N) is 1. The van der Waals surface area contributed by atoms with Crippen molar-refractivity contribution in [2.45, 2.75) is 16.8 Å². The fourth-order valence-electron chi connectivity index (χ4n) is 1.24. The van der Waals surface area contributed by atoms with Gasteiger partial charge < -0.3 is 4.74 Å². The molecule has 1 heterocycles. The summed E-state index contributed by atoms with van der Waals surface area (Å²) in [6.07, 6.45) is 0. The molecular weight excluding hydrogens is 318 g/mol. The van der Waals surface area contributed by atoms with E-state index in [1.54, 1.807) is 6.92 Å². The lowest BCUT2D eigenvalue weighted by Crippen LogP contribution is -2.06. The first-order valence-electron chi connectivity index (χ1n) is 5.22. The van der Waals surface area contributed by atoms with Gasteiger partial charge in [0, 0.05) is 9.37 Å². The van der Waals surface area contributed by atoms with Crippen molar-refractivity contribution >= 4 is 33.7 Å². The molecule has 94 valence electrons. The minimum absolute atomic E-state index is 0.282. The number of H-pyrrole nitrogens is 1. The van der Waals surface area contributed by atoms with Crippen LogP contribution < -0.4 is 0 Å². The highest BCUT2D eigenvalue weighted by molar-refractivity contribution is 9.10. The second-order valence-electron chi connectivity index (χ2n) is 3.27. The third-order valence-corrected chi connectivity index (χ3v) is 3.54. The van der Waals surface area contributed by atoms with Crippen LogP contribution in [-0.4, -0.2) is 28.0 Å². The summed E-state index contributed by atoms with van der Waals surface area (Å²) in [6.45, 7) is 2.07. The molecule has 1 N–H and O–H groups in total. The summed E-state index contributed by atoms with van der Waals surface area (Å²) < 4.78 is 5.91. The smallest absolute Gasteiger partial charge is 0.359 e. The summed E-state index contributed by atoms with van der Waals surface area (Å²) in [7, 11) is 0. The van der Waals surface area contributed by atoms with Crippen LogP contribution in [0, 0.1) is 0 Å². The highest BCUT2D eigenvalue weighted by Crippen LogP contribution is 2.28. The van der Waals surface area contributed by atoms with E-state index in [4.69, 9.17) is 4.74 Å². The van der Waals surface area contributed by atoms with Crippen molar-refractivity contribution in [2.24, 2.45) is 0 Å². The van der Waals surface area contributed by atoms with Gasteiger partial charge in [0.15, 0.2) is 10.7 Å². The third-order valence-electron chi connectivity index (χ3n) is 2.02. The summed E-state index contributed by atoms with van der Waals surface area (Å²) in [5, 5.41) is 10.6. The predicted molar refractivity (Wildman–Crippen MR) is 70.6 cm³/mol. The summed E-state index contributed by atoms with van der Waals surface area (Å²) in [6, 6.07) is 7.70. The molecule has 18 heavy (non-hydrogen) atoms. The second kappa shape index (κ2) is 6.01. The van der Waals surface area contributed by atoms with E-state index in [9.17, 15) is 4.79 Å². The standard InChI is InChI=1S/C11H10BrN3O2S/c1-2-17-11(16)9-10(14-15-13-9)18-8-5-3-7(12)4-6-8/h3-6H,2H2,1H3,(H,13,14,15). The third kappa shape index (κ3) is 3.11. The zero-order chi connectivity index (χ0) is 13.0. The molecule has 0 aliphatic heterocycles. The van der Waals surface area contributed by atoms with Gasteiger partial charge in [0.25, 0.3) is 0 Å². The molecule has 0 spiro atoms. The lowest BCUT2D eigenvalue weighted by Gasteiger charge is -2.01. The average Bonchev–Trinajstić information content (AvgIpc) is 2.81. The molecule has 0 amide bonds. The number of carbonyl (C=O) groups excluding carboxylic acids is 1. The molecule has 0 aliphatic rings. The van der Waals surface area contributed by atoms with Gasteiger partial charge in [-0.05, 0) is 31.2 Å². The van der Waals surface area contributed by atoms with Crippen LogP contribution in [0.4, 0.5) is 0 Å². The molecule has 0 fully saturated rings. The first kappa shape index (κ1) is 13.1. The van der Waals surface area contributed by atoms with Crippen molar-refractivity contribution in [3.8, 4) is 0 Å². The van der Waals surface area contributed by atoms with E-state index in [2.05, 4.69) is 31.3 Å². The van der Waals surface area contributed by atoms with Crippen LogP contribution in [0.15, 0.2) is 38.7 Å². The lowest BCUT2D eigenvalue weighted by atomic mass is 10.4. The fourth-order valence-corrected chi connectivity index (χ4v) is 2.31. The minimum Gasteiger partial charge on any atom is -0.461 e. The van der Waals surface area contributed by atoms with E-state index in [0.717, 1.165) is 9.37 Å². The quantitative estimate of drug-likeness (QED) is 0.874. The van der Waals surface area contributed by atoms with Crippen LogP contribution >= 0.6 is 27.7 Å². The van der Waals surface area contributed by atoms with Gasteiger partial charge in [0.1, 0.15) is 0 Å². The van der Waals surface area contributed by atoms with Gasteiger partial charge in [0.05, 0.1) is 6.61 Å². The number of aromatic nitrogens is 3. The lowest BCUT2D eigenvalue weighted by molar-refractivity contribution is 0.0515. The van der Waals surface area contributed by atoms with Gasteiger partial charge in [-0.1, -0.05) is 32.9 Å². The summed E-state index contributed by atoms with van der Waals surface area (Å²) >= 11 is 4.72. The maximum Gasteiger partial charge on any atom is 0.359 e. The Bertz CT molecular complexity index is 541. The number of nitrogens with zero attached hydrogens (tertiary/aromatic N) is 2. The van der Waals surface area contributed by atoms with Crippen molar-refractivity contribution < 1.29 is 9.53 Å². The number of ether oxygens (including phenoxy) is 1. The maximum absolute atomic E-state index is 11.6. The first-order valence-corrected chi connectivity index (χ1v) is 6.83. The molecule has 0 saturated carbocycles. The predicted octanol–water partition coefficient (Wildman–Crippen LogP) is 2.90. The van der Waals surface area contributed by atoms with E-state index >= 15 is 0 Å². The van der Waals surface area contributed by atoms with Crippen LogP contribution in [0.25, 0.3) is 0 Å². The largest absolute Gasteiger partial charge is 0.461 e. The van der Waals surface area contributed by atoms with Crippen molar-refractivity contribution in [2.75, 3.05) is 6.61 Å². The molecule has 0 atom stereocenters. The summed E-state index contributed by atoms with van der Waals surface area (Å²) in [4.78, 5) is 12.6. The molecule has 0 unspecified atom stereocenters. The monoisotopic (exact) mass is 327 g/mol. The van der Waals surface area contributed by atoms with E-state index < -0.39 is 5.97 Å². The number of carbonyl (C=O) groups is 1. The van der Waals surface area contributed by atoms with Crippen molar-refractivity contribution in [1.82, 2.24) is 15.4 Å². The Morgan fingerprint density at radius 1 is 1.44 bits per heavy atom. The van der Waals surface area contributed by atoms with Gasteiger partial charge in [-0.25, -0.2) is 4.79 Å². The number of rotatable bonds is 4. The summed E-state index contributed by atoms with van der Waals surface area (Å²) in [5.41, 5.74) is 0.282. The van der Waals surface area contributed by atoms with Crippen LogP contribution in [0.3, 0.4) is 0 Å². The Hall–Kier alpha value is -1.34. The van der Waals surface area contributed by atoms with Crippen LogP contribution in [0.5, 0.6) is 0 Å². The van der Waals surface area contributed by atoms with Gasteiger partial charge in [0.2, 0.25) is 0 Å². The molecule has 0 aliphatic carbocycles. The minimum atomic E-state index is -0.442. The number of benzene rings is 1. The second-order valence-corrected chi connectivity index (χ2v) is 5.25. The Kier molecular flexibility index (Phi) is 4.38. The zero-order valence-electron chi connectivity index (χ0n) is 9.51. The van der Waals surface area contributed by atoms with Crippen molar-refractivity contribution in [1.29, 1.82) is 0 Å². The first-order chi connectivity index (χ1) is 8.70. The van der Waals surface area contributed by atoms with Gasteiger partial charge in [-0.15, -0.1) is 5.10 Å². The Morgan fingerprint density at radius 2 is 2.17 bits per heavy atom. The Balaban J connectivity index is 2.17. The number of hydrogen-bond acceptors (Lipinski definition) is 5. The zero-order valence-corrected chi connectivity index (χ0v) is 11.9. The molecule has 5 nitrogen and oxygen atoms in total. The normalized spacial score (nSPS) is 10.3. The number of halogens is 1. The van der Waals surface area contributed by atoms with E-state index in [1.165, 1.54) is 11.8 Å². The van der Waals surface area contributed by atoms with Gasteiger partial charge >= 0.3 is 5.97 Å². The molecule has 7 heteroatoms. The fraction of sp³-hybridized carbons (Fsp3) is 0.182. The molecule has 1 aromatic carbocycles. The molecule has 1 aromatic heterocycles. The molecule has 0 bridgehead atoms. The van der Waals surface area contributed by atoms with Crippen LogP contribution in [0.2, 0.25) is 0 Å². The topological polar surface area (TPSA) is 67.9 Å². The number of esters is 1. The SMILES string of the molecule is CCOC(=O)c1[nH]nnc1Sc1ccc(Br)cc1. The van der Waals surface area contributed by atoms with Crippen LogP contribution in [0.1, 0.15) is 17.4 Å². The van der Waals surface area contributed by atoms with E-state index in [1.807, 2.05) is 24.3 Å². The molecular formula is C11H10BrN3O2S. The van der Waals surface area contributed by atoms with Crippen LogP contribution in [-0.2, 0) is 4.74 Å². The highest BCUT2D eigenvalue weighted by Gasteiger charge is 2.17. The average molecular weight is 328 g/mol. The molecule has 0 saturated heterocycles. The van der Waals surface area contributed by atoms with E-state index in [-0.39, 0.29) is 5.69 Å². The Labute approximate surface area is 116 Å². The van der Waals surface area contributed by atoms with Gasteiger partial charge in [-0.2, -0.15) is 0 Å². The molecule has 2 aromatic rings. The van der Waals surface area contributed by atoms with Gasteiger partial charge in [-0.3, -0.25) is 5.10 Å². The molecule has 2 rings (SSSR count). The summed E-state index contributed by atoms with van der Waals surface area (Å²) in [5.74, 6) is -0.442. The number of aromatic amines is 1. The Morgan fingerprint density at radius 3 is 2.83 bits per heavy atom.